The topological polar surface area (TPSA) is 50.2 Å². The Kier molecular flexibility index (Phi) is 3.06. The maximum Gasteiger partial charge on any atom is 0.335 e. The van der Waals surface area contributed by atoms with Crippen LogP contribution in [0, 0.1) is 5.82 Å². The Bertz CT molecular complexity index is 586. The predicted molar refractivity (Wildman–Crippen MR) is 61.6 cm³/mol. The Morgan fingerprint density at radius 3 is 2.65 bits per heavy atom. The molecule has 0 aliphatic heterocycles. The van der Waals surface area contributed by atoms with Crippen molar-refractivity contribution in [1.82, 2.24) is 4.98 Å². The van der Waals surface area contributed by atoms with E-state index in [9.17, 15) is 9.18 Å². The van der Waals surface area contributed by atoms with Gasteiger partial charge < -0.3 is 5.11 Å². The molecule has 1 aromatic heterocycles. The number of hydrogen-bond donors (Lipinski definition) is 1. The third-order valence-corrected chi connectivity index (χ3v) is 2.38. The van der Waals surface area contributed by atoms with E-state index >= 15 is 0 Å². The summed E-state index contributed by atoms with van der Waals surface area (Å²) in [6, 6.07) is 8.47. The molecule has 2 aromatic rings. The number of nitrogens with zero attached hydrogens (tertiary/aromatic N) is 1. The van der Waals surface area contributed by atoms with Crippen LogP contribution in [0.5, 0.6) is 0 Å². The van der Waals surface area contributed by atoms with Crippen LogP contribution in [0.3, 0.4) is 0 Å². The Labute approximate surface area is 101 Å². The summed E-state index contributed by atoms with van der Waals surface area (Å²) in [6.07, 6.45) is 0. The highest BCUT2D eigenvalue weighted by atomic mass is 35.5. The zero-order valence-corrected chi connectivity index (χ0v) is 9.28. The van der Waals surface area contributed by atoms with Crippen LogP contribution in [0.2, 0.25) is 5.15 Å². The Balaban J connectivity index is 2.60. The number of carboxylic acids is 1. The van der Waals surface area contributed by atoms with Gasteiger partial charge in [-0.2, -0.15) is 0 Å². The van der Waals surface area contributed by atoms with Gasteiger partial charge in [0.2, 0.25) is 0 Å². The maximum atomic E-state index is 13.5. The van der Waals surface area contributed by atoms with Crippen molar-refractivity contribution in [3.63, 3.8) is 0 Å². The SMILES string of the molecule is O=C(O)c1cc(Cl)nc(-c2ccccc2F)c1. The van der Waals surface area contributed by atoms with Crippen LogP contribution >= 0.6 is 11.6 Å². The summed E-state index contributed by atoms with van der Waals surface area (Å²) < 4.78 is 13.5. The third-order valence-electron chi connectivity index (χ3n) is 2.19. The zero-order chi connectivity index (χ0) is 12.4. The second-order valence-corrected chi connectivity index (χ2v) is 3.74. The molecule has 0 unspecified atom stereocenters. The fourth-order valence-electron chi connectivity index (χ4n) is 1.43. The Morgan fingerprint density at radius 2 is 2.00 bits per heavy atom. The first-order chi connectivity index (χ1) is 8.08. The lowest BCUT2D eigenvalue weighted by Gasteiger charge is -2.04. The number of aromatic nitrogens is 1. The van der Waals surface area contributed by atoms with Crippen molar-refractivity contribution in [2.75, 3.05) is 0 Å². The van der Waals surface area contributed by atoms with Gasteiger partial charge in [-0.25, -0.2) is 14.2 Å². The minimum Gasteiger partial charge on any atom is -0.478 e. The Morgan fingerprint density at radius 1 is 1.29 bits per heavy atom. The monoisotopic (exact) mass is 251 g/mol. The largest absolute Gasteiger partial charge is 0.478 e. The second-order valence-electron chi connectivity index (χ2n) is 3.35. The molecule has 0 amide bonds. The molecule has 0 bridgehead atoms. The van der Waals surface area contributed by atoms with Gasteiger partial charge >= 0.3 is 5.97 Å². The van der Waals surface area contributed by atoms with Gasteiger partial charge in [-0.15, -0.1) is 0 Å². The molecule has 0 spiro atoms. The molecule has 0 saturated carbocycles. The highest BCUT2D eigenvalue weighted by Crippen LogP contribution is 2.23. The average molecular weight is 252 g/mol. The van der Waals surface area contributed by atoms with E-state index in [0.717, 1.165) is 0 Å². The number of pyridine rings is 1. The highest BCUT2D eigenvalue weighted by Gasteiger charge is 2.11. The van der Waals surface area contributed by atoms with Gasteiger partial charge in [-0.3, -0.25) is 0 Å². The molecule has 1 N–H and O–H groups in total. The first-order valence-electron chi connectivity index (χ1n) is 4.73. The van der Waals surface area contributed by atoms with Crippen LogP contribution in [0.1, 0.15) is 10.4 Å². The summed E-state index contributed by atoms with van der Waals surface area (Å²) in [5.74, 6) is -1.61. The summed E-state index contributed by atoms with van der Waals surface area (Å²) >= 11 is 5.70. The summed E-state index contributed by atoms with van der Waals surface area (Å²) in [7, 11) is 0. The number of aromatic carboxylic acids is 1. The minimum absolute atomic E-state index is 0.0168. The highest BCUT2D eigenvalue weighted by molar-refractivity contribution is 6.29. The van der Waals surface area contributed by atoms with E-state index in [-0.39, 0.29) is 22.0 Å². The summed E-state index contributed by atoms with van der Waals surface area (Å²) in [4.78, 5) is 14.8. The number of halogens is 2. The zero-order valence-electron chi connectivity index (χ0n) is 8.52. The van der Waals surface area contributed by atoms with Gasteiger partial charge in [0.1, 0.15) is 11.0 Å². The smallest absolute Gasteiger partial charge is 0.335 e. The van der Waals surface area contributed by atoms with Gasteiger partial charge in [0, 0.05) is 5.56 Å². The molecular formula is C12H7ClFNO2. The summed E-state index contributed by atoms with van der Waals surface area (Å²) in [5, 5.41) is 8.89. The molecule has 0 saturated heterocycles. The lowest BCUT2D eigenvalue weighted by Crippen LogP contribution is -1.99. The number of carbonyl (C=O) groups is 1. The molecule has 17 heavy (non-hydrogen) atoms. The minimum atomic E-state index is -1.13. The first kappa shape index (κ1) is 11.5. The number of carboxylic acid groups (broad SMARTS) is 1. The fraction of sp³-hybridized carbons (Fsp3) is 0. The lowest BCUT2D eigenvalue weighted by molar-refractivity contribution is 0.0697. The van der Waals surface area contributed by atoms with Gasteiger partial charge in [-0.05, 0) is 24.3 Å². The van der Waals surface area contributed by atoms with Gasteiger partial charge in [0.05, 0.1) is 11.3 Å². The third kappa shape index (κ3) is 2.42. The van der Waals surface area contributed by atoms with Crippen molar-refractivity contribution in [2.45, 2.75) is 0 Å². The van der Waals surface area contributed by atoms with Crippen LogP contribution in [-0.2, 0) is 0 Å². The summed E-state index contributed by atoms with van der Waals surface area (Å²) in [6.45, 7) is 0. The number of benzene rings is 1. The molecule has 86 valence electrons. The van der Waals surface area contributed by atoms with Crippen molar-refractivity contribution in [2.24, 2.45) is 0 Å². The van der Waals surface area contributed by atoms with E-state index in [2.05, 4.69) is 4.98 Å². The van der Waals surface area contributed by atoms with E-state index in [1.165, 1.54) is 24.3 Å². The lowest BCUT2D eigenvalue weighted by atomic mass is 10.1. The molecule has 1 aromatic carbocycles. The van der Waals surface area contributed by atoms with Crippen LogP contribution in [0.25, 0.3) is 11.3 Å². The average Bonchev–Trinajstić information content (AvgIpc) is 2.28. The molecular weight excluding hydrogens is 245 g/mol. The van der Waals surface area contributed by atoms with Crippen LogP contribution < -0.4 is 0 Å². The van der Waals surface area contributed by atoms with Crippen molar-refractivity contribution < 1.29 is 14.3 Å². The van der Waals surface area contributed by atoms with E-state index in [0.29, 0.717) is 0 Å². The normalized spacial score (nSPS) is 10.2. The molecule has 0 atom stereocenters. The molecule has 1 heterocycles. The van der Waals surface area contributed by atoms with E-state index in [1.54, 1.807) is 12.1 Å². The van der Waals surface area contributed by atoms with E-state index in [1.807, 2.05) is 0 Å². The van der Waals surface area contributed by atoms with Gasteiger partial charge in [0.15, 0.2) is 0 Å². The molecule has 0 aliphatic rings. The molecule has 0 radical (unpaired) electrons. The van der Waals surface area contributed by atoms with Crippen molar-refractivity contribution in [3.05, 3.63) is 52.9 Å². The fourth-order valence-corrected chi connectivity index (χ4v) is 1.64. The van der Waals surface area contributed by atoms with Gasteiger partial charge in [0.25, 0.3) is 0 Å². The molecule has 5 heteroatoms. The Hall–Kier alpha value is -1.94. The van der Waals surface area contributed by atoms with Crippen molar-refractivity contribution in [1.29, 1.82) is 0 Å². The van der Waals surface area contributed by atoms with Crippen molar-refractivity contribution >= 4 is 17.6 Å². The van der Waals surface area contributed by atoms with E-state index < -0.39 is 11.8 Å². The first-order valence-corrected chi connectivity index (χ1v) is 5.11. The second kappa shape index (κ2) is 4.51. The number of hydrogen-bond acceptors (Lipinski definition) is 2. The molecule has 2 rings (SSSR count). The summed E-state index contributed by atoms with van der Waals surface area (Å²) in [5.41, 5.74) is 0.397. The van der Waals surface area contributed by atoms with E-state index in [4.69, 9.17) is 16.7 Å². The molecule has 0 fully saturated rings. The van der Waals surface area contributed by atoms with Crippen LogP contribution in [-0.4, -0.2) is 16.1 Å². The van der Waals surface area contributed by atoms with Gasteiger partial charge in [-0.1, -0.05) is 23.7 Å². The molecule has 0 aliphatic carbocycles. The van der Waals surface area contributed by atoms with Crippen LogP contribution in [0.15, 0.2) is 36.4 Å². The maximum absolute atomic E-state index is 13.5. The standard InChI is InChI=1S/C12H7ClFNO2/c13-11-6-7(12(16)17)5-10(15-11)8-3-1-2-4-9(8)14/h1-6H,(H,16,17). The number of rotatable bonds is 2. The quantitative estimate of drug-likeness (QED) is 0.834. The molecule has 3 nitrogen and oxygen atoms in total. The van der Waals surface area contributed by atoms with Crippen LogP contribution in [0.4, 0.5) is 4.39 Å². The predicted octanol–water partition coefficient (Wildman–Crippen LogP) is 3.24. The van der Waals surface area contributed by atoms with Crippen molar-refractivity contribution in [3.8, 4) is 11.3 Å².